The smallest absolute Gasteiger partial charge is 0.227 e. The molecule has 1 aliphatic rings. The average Bonchev–Trinajstić information content (AvgIpc) is 3.47. The van der Waals surface area contributed by atoms with E-state index in [1.807, 2.05) is 73.1 Å². The van der Waals surface area contributed by atoms with Crippen molar-refractivity contribution < 1.29 is 9.84 Å². The minimum atomic E-state index is -0.384. The van der Waals surface area contributed by atoms with Crippen LogP contribution in [-0.2, 0) is 6.54 Å². The summed E-state index contributed by atoms with van der Waals surface area (Å²) < 4.78 is 8.17. The molecular weight excluding hydrogens is 398 g/mol. The van der Waals surface area contributed by atoms with Crippen LogP contribution in [-0.4, -0.2) is 39.0 Å². The predicted molar refractivity (Wildman–Crippen MR) is 120 cm³/mol. The highest BCUT2D eigenvalue weighted by Crippen LogP contribution is 2.34. The third-order valence-electron chi connectivity index (χ3n) is 5.27. The SMILES string of the molecule is Cc1nn(-c2cccc(Cl)c2)c(Oc2ccccc2)c1CN(CC1CC1)C[C@@H](C)O. The van der Waals surface area contributed by atoms with Crippen LogP contribution in [0.25, 0.3) is 5.69 Å². The molecule has 0 amide bonds. The van der Waals surface area contributed by atoms with E-state index in [9.17, 15) is 5.11 Å². The third kappa shape index (κ3) is 5.22. The zero-order valence-corrected chi connectivity index (χ0v) is 18.2. The molecule has 30 heavy (non-hydrogen) atoms. The lowest BCUT2D eigenvalue weighted by Gasteiger charge is -2.24. The Hall–Kier alpha value is -2.34. The maximum atomic E-state index is 10.0. The van der Waals surface area contributed by atoms with Crippen LogP contribution in [0.1, 0.15) is 31.0 Å². The van der Waals surface area contributed by atoms with Crippen molar-refractivity contribution >= 4 is 11.6 Å². The van der Waals surface area contributed by atoms with E-state index in [0.717, 1.165) is 35.2 Å². The molecule has 1 aromatic heterocycles. The Kier molecular flexibility index (Phi) is 6.42. The fourth-order valence-corrected chi connectivity index (χ4v) is 3.86. The number of aryl methyl sites for hydroxylation is 1. The number of ether oxygens (including phenoxy) is 1. The summed E-state index contributed by atoms with van der Waals surface area (Å²) in [5.74, 6) is 2.17. The van der Waals surface area contributed by atoms with Crippen molar-refractivity contribution in [2.75, 3.05) is 13.1 Å². The summed E-state index contributed by atoms with van der Waals surface area (Å²) in [5.41, 5.74) is 2.79. The Bertz CT molecular complexity index is 979. The highest BCUT2D eigenvalue weighted by Gasteiger charge is 2.27. The van der Waals surface area contributed by atoms with Gasteiger partial charge in [0.25, 0.3) is 0 Å². The molecule has 0 bridgehead atoms. The summed E-state index contributed by atoms with van der Waals surface area (Å²) in [6.07, 6.45) is 2.15. The standard InChI is InChI=1S/C24H28ClN3O2/c1-17(29)14-27(15-19-11-12-19)16-23-18(2)26-28(21-8-6-7-20(25)13-21)24(23)30-22-9-4-3-5-10-22/h3-10,13,17,19,29H,11-12,14-16H2,1-2H3/t17-/m1/s1. The quantitative estimate of drug-likeness (QED) is 0.510. The molecule has 0 spiro atoms. The van der Waals surface area contributed by atoms with Gasteiger partial charge in [0, 0.05) is 24.7 Å². The minimum Gasteiger partial charge on any atom is -0.439 e. The van der Waals surface area contributed by atoms with E-state index in [1.54, 1.807) is 0 Å². The second-order valence-corrected chi connectivity index (χ2v) is 8.60. The number of para-hydroxylation sites is 1. The number of rotatable bonds is 9. The Morgan fingerprint density at radius 2 is 1.97 bits per heavy atom. The van der Waals surface area contributed by atoms with E-state index in [-0.39, 0.29) is 6.10 Å². The van der Waals surface area contributed by atoms with Crippen LogP contribution < -0.4 is 4.74 Å². The van der Waals surface area contributed by atoms with E-state index in [2.05, 4.69) is 4.90 Å². The Morgan fingerprint density at radius 1 is 1.20 bits per heavy atom. The Morgan fingerprint density at radius 3 is 2.63 bits per heavy atom. The number of nitrogens with zero attached hydrogens (tertiary/aromatic N) is 3. The largest absolute Gasteiger partial charge is 0.439 e. The van der Waals surface area contributed by atoms with E-state index in [4.69, 9.17) is 21.4 Å². The van der Waals surface area contributed by atoms with Gasteiger partial charge >= 0.3 is 0 Å². The molecule has 1 atom stereocenters. The van der Waals surface area contributed by atoms with Gasteiger partial charge in [-0.2, -0.15) is 5.10 Å². The predicted octanol–water partition coefficient (Wildman–Crippen LogP) is 5.22. The molecule has 1 saturated carbocycles. The van der Waals surface area contributed by atoms with Gasteiger partial charge in [-0.3, -0.25) is 4.90 Å². The van der Waals surface area contributed by atoms with Gasteiger partial charge in [-0.25, -0.2) is 4.68 Å². The number of hydrogen-bond acceptors (Lipinski definition) is 4. The first-order valence-electron chi connectivity index (χ1n) is 10.5. The van der Waals surface area contributed by atoms with Crippen LogP contribution >= 0.6 is 11.6 Å². The molecular formula is C24H28ClN3O2. The van der Waals surface area contributed by atoms with Crippen molar-refractivity contribution in [2.45, 2.75) is 39.3 Å². The van der Waals surface area contributed by atoms with Gasteiger partial charge in [-0.1, -0.05) is 35.9 Å². The first-order chi connectivity index (χ1) is 14.5. The second-order valence-electron chi connectivity index (χ2n) is 8.16. The molecule has 1 aliphatic carbocycles. The molecule has 2 aromatic carbocycles. The lowest BCUT2D eigenvalue weighted by Crippen LogP contribution is -2.32. The molecule has 6 heteroatoms. The Labute approximate surface area is 182 Å². The third-order valence-corrected chi connectivity index (χ3v) is 5.50. The minimum absolute atomic E-state index is 0.384. The van der Waals surface area contributed by atoms with Crippen molar-refractivity contribution in [2.24, 2.45) is 5.92 Å². The topological polar surface area (TPSA) is 50.5 Å². The maximum Gasteiger partial charge on any atom is 0.227 e. The van der Waals surface area contributed by atoms with Crippen molar-refractivity contribution in [1.29, 1.82) is 0 Å². The van der Waals surface area contributed by atoms with Crippen LogP contribution in [0.15, 0.2) is 54.6 Å². The molecule has 1 heterocycles. The van der Waals surface area contributed by atoms with Crippen LogP contribution in [0.5, 0.6) is 11.6 Å². The van der Waals surface area contributed by atoms with Crippen LogP contribution in [0, 0.1) is 12.8 Å². The highest BCUT2D eigenvalue weighted by atomic mass is 35.5. The number of aliphatic hydroxyl groups excluding tert-OH is 1. The number of hydrogen-bond donors (Lipinski definition) is 1. The summed E-state index contributed by atoms with van der Waals surface area (Å²) in [4.78, 5) is 2.31. The van der Waals surface area contributed by atoms with Gasteiger partial charge in [0.2, 0.25) is 5.88 Å². The summed E-state index contributed by atoms with van der Waals surface area (Å²) in [5, 5.41) is 15.5. The van der Waals surface area contributed by atoms with Crippen molar-refractivity contribution in [3.8, 4) is 17.3 Å². The lowest BCUT2D eigenvalue weighted by molar-refractivity contribution is 0.118. The molecule has 0 aliphatic heterocycles. The van der Waals surface area contributed by atoms with E-state index < -0.39 is 0 Å². The monoisotopic (exact) mass is 425 g/mol. The molecule has 158 valence electrons. The molecule has 1 N–H and O–H groups in total. The van der Waals surface area contributed by atoms with Crippen LogP contribution in [0.2, 0.25) is 5.02 Å². The lowest BCUT2D eigenvalue weighted by atomic mass is 10.2. The van der Waals surface area contributed by atoms with Crippen LogP contribution in [0.4, 0.5) is 0 Å². The molecule has 0 radical (unpaired) electrons. The van der Waals surface area contributed by atoms with Gasteiger partial charge in [0.1, 0.15) is 5.75 Å². The van der Waals surface area contributed by atoms with E-state index >= 15 is 0 Å². The Balaban J connectivity index is 1.72. The number of aliphatic hydroxyl groups is 1. The summed E-state index contributed by atoms with van der Waals surface area (Å²) in [6, 6.07) is 17.4. The number of aromatic nitrogens is 2. The molecule has 0 saturated heterocycles. The van der Waals surface area contributed by atoms with Crippen molar-refractivity contribution in [3.63, 3.8) is 0 Å². The zero-order valence-electron chi connectivity index (χ0n) is 17.5. The average molecular weight is 426 g/mol. The zero-order chi connectivity index (χ0) is 21.1. The summed E-state index contributed by atoms with van der Waals surface area (Å²) in [6.45, 7) is 6.13. The first-order valence-corrected chi connectivity index (χ1v) is 10.8. The molecule has 5 nitrogen and oxygen atoms in total. The summed E-state index contributed by atoms with van der Waals surface area (Å²) in [7, 11) is 0. The highest BCUT2D eigenvalue weighted by molar-refractivity contribution is 6.30. The van der Waals surface area contributed by atoms with Gasteiger partial charge < -0.3 is 9.84 Å². The molecule has 0 unspecified atom stereocenters. The number of halogens is 1. The van der Waals surface area contributed by atoms with Crippen molar-refractivity contribution in [1.82, 2.24) is 14.7 Å². The molecule has 3 aromatic rings. The molecule has 1 fully saturated rings. The number of benzene rings is 2. The first kappa shape index (κ1) is 20.9. The fraction of sp³-hybridized carbons (Fsp3) is 0.375. The molecule has 4 rings (SSSR count). The van der Waals surface area contributed by atoms with Gasteiger partial charge in [-0.05, 0) is 62.9 Å². The van der Waals surface area contributed by atoms with E-state index in [1.165, 1.54) is 12.8 Å². The van der Waals surface area contributed by atoms with Gasteiger partial charge in [-0.15, -0.1) is 0 Å². The summed E-state index contributed by atoms with van der Waals surface area (Å²) >= 11 is 6.24. The van der Waals surface area contributed by atoms with Gasteiger partial charge in [0.15, 0.2) is 0 Å². The van der Waals surface area contributed by atoms with Crippen molar-refractivity contribution in [3.05, 3.63) is 70.9 Å². The van der Waals surface area contributed by atoms with E-state index in [0.29, 0.717) is 24.0 Å². The fourth-order valence-electron chi connectivity index (χ4n) is 3.67. The second kappa shape index (κ2) is 9.21. The normalized spacial score (nSPS) is 14.8. The van der Waals surface area contributed by atoms with Gasteiger partial charge in [0.05, 0.1) is 23.0 Å². The van der Waals surface area contributed by atoms with Crippen LogP contribution in [0.3, 0.4) is 0 Å². The maximum absolute atomic E-state index is 10.0.